The fraction of sp³-hybridized carbons (Fsp3) is 0.889. The SMILES string of the molecule is O=C1[C@H](N2CCNCC2)CC[C@@H]1O. The quantitative estimate of drug-likeness (QED) is 0.548. The van der Waals surface area contributed by atoms with Gasteiger partial charge in [-0.2, -0.15) is 0 Å². The van der Waals surface area contributed by atoms with Crippen molar-refractivity contribution in [2.75, 3.05) is 26.2 Å². The van der Waals surface area contributed by atoms with E-state index in [9.17, 15) is 9.90 Å². The van der Waals surface area contributed by atoms with Crippen LogP contribution in [-0.4, -0.2) is 54.1 Å². The average Bonchev–Trinajstić information content (AvgIpc) is 2.49. The van der Waals surface area contributed by atoms with Crippen molar-refractivity contribution < 1.29 is 9.90 Å². The van der Waals surface area contributed by atoms with Gasteiger partial charge in [-0.15, -0.1) is 0 Å². The lowest BCUT2D eigenvalue weighted by Crippen LogP contribution is -2.50. The molecule has 74 valence electrons. The molecule has 0 spiro atoms. The lowest BCUT2D eigenvalue weighted by atomic mass is 10.1. The number of ketones is 1. The van der Waals surface area contributed by atoms with Crippen molar-refractivity contribution in [1.82, 2.24) is 10.2 Å². The maximum absolute atomic E-state index is 11.5. The smallest absolute Gasteiger partial charge is 0.178 e. The fourth-order valence-corrected chi connectivity index (χ4v) is 2.18. The summed E-state index contributed by atoms with van der Waals surface area (Å²) in [5.41, 5.74) is 0. The zero-order chi connectivity index (χ0) is 9.26. The average molecular weight is 184 g/mol. The van der Waals surface area contributed by atoms with E-state index in [4.69, 9.17) is 0 Å². The Bertz CT molecular complexity index is 202. The van der Waals surface area contributed by atoms with Crippen molar-refractivity contribution >= 4 is 5.78 Å². The van der Waals surface area contributed by atoms with Crippen LogP contribution in [-0.2, 0) is 4.79 Å². The van der Waals surface area contributed by atoms with Gasteiger partial charge in [-0.3, -0.25) is 9.69 Å². The molecule has 0 aromatic rings. The Morgan fingerprint density at radius 3 is 2.54 bits per heavy atom. The Kier molecular flexibility index (Phi) is 2.62. The Balaban J connectivity index is 1.96. The summed E-state index contributed by atoms with van der Waals surface area (Å²) in [5, 5.41) is 12.6. The molecule has 13 heavy (non-hydrogen) atoms. The summed E-state index contributed by atoms with van der Waals surface area (Å²) in [6.07, 6.45) is 0.785. The number of nitrogens with one attached hydrogen (secondary N) is 1. The van der Waals surface area contributed by atoms with Crippen LogP contribution < -0.4 is 5.32 Å². The second-order valence-corrected chi connectivity index (χ2v) is 3.80. The molecule has 0 aromatic carbocycles. The first-order chi connectivity index (χ1) is 6.29. The van der Waals surface area contributed by atoms with Gasteiger partial charge in [-0.05, 0) is 12.8 Å². The summed E-state index contributed by atoms with van der Waals surface area (Å²) in [6.45, 7) is 3.78. The van der Waals surface area contributed by atoms with Crippen molar-refractivity contribution in [3.8, 4) is 0 Å². The minimum absolute atomic E-state index is 0.00269. The van der Waals surface area contributed by atoms with E-state index in [0.29, 0.717) is 6.42 Å². The van der Waals surface area contributed by atoms with Crippen LogP contribution in [0, 0.1) is 0 Å². The van der Waals surface area contributed by atoms with E-state index in [1.54, 1.807) is 0 Å². The number of Topliss-reactive ketones (excluding diaryl/α,β-unsaturated/α-hetero) is 1. The number of piperazine rings is 1. The van der Waals surface area contributed by atoms with Gasteiger partial charge in [0, 0.05) is 26.2 Å². The number of carbonyl (C=O) groups excluding carboxylic acids is 1. The molecule has 2 rings (SSSR count). The Labute approximate surface area is 77.9 Å². The molecule has 0 amide bonds. The molecule has 1 aliphatic carbocycles. The molecule has 4 heteroatoms. The number of aliphatic hydroxyl groups excluding tert-OH is 1. The van der Waals surface area contributed by atoms with Crippen LogP contribution in [0.25, 0.3) is 0 Å². The third-order valence-electron chi connectivity index (χ3n) is 2.96. The van der Waals surface area contributed by atoms with E-state index in [1.807, 2.05) is 0 Å². The third kappa shape index (κ3) is 1.75. The first-order valence-corrected chi connectivity index (χ1v) is 4.95. The number of carbonyl (C=O) groups is 1. The van der Waals surface area contributed by atoms with Crippen LogP contribution in [0.3, 0.4) is 0 Å². The maximum atomic E-state index is 11.5. The van der Waals surface area contributed by atoms with Gasteiger partial charge in [-0.1, -0.05) is 0 Å². The molecule has 2 fully saturated rings. The number of hydrogen-bond acceptors (Lipinski definition) is 4. The molecule has 0 unspecified atom stereocenters. The van der Waals surface area contributed by atoms with Crippen LogP contribution in [0.4, 0.5) is 0 Å². The molecule has 2 N–H and O–H groups in total. The van der Waals surface area contributed by atoms with E-state index in [2.05, 4.69) is 10.2 Å². The Hall–Kier alpha value is -0.450. The van der Waals surface area contributed by atoms with E-state index in [-0.39, 0.29) is 11.8 Å². The zero-order valence-corrected chi connectivity index (χ0v) is 7.70. The van der Waals surface area contributed by atoms with Crippen LogP contribution >= 0.6 is 0 Å². The molecule has 1 aliphatic heterocycles. The fourth-order valence-electron chi connectivity index (χ4n) is 2.18. The normalized spacial score (nSPS) is 36.8. The predicted molar refractivity (Wildman–Crippen MR) is 48.5 cm³/mol. The lowest BCUT2D eigenvalue weighted by molar-refractivity contribution is -0.128. The van der Waals surface area contributed by atoms with Gasteiger partial charge in [0.05, 0.1) is 6.04 Å². The highest BCUT2D eigenvalue weighted by molar-refractivity contribution is 5.90. The zero-order valence-electron chi connectivity index (χ0n) is 7.70. The molecule has 2 aliphatic rings. The van der Waals surface area contributed by atoms with Crippen LogP contribution in [0.1, 0.15) is 12.8 Å². The number of rotatable bonds is 1. The van der Waals surface area contributed by atoms with Crippen LogP contribution in [0.15, 0.2) is 0 Å². The second-order valence-electron chi connectivity index (χ2n) is 3.80. The number of aliphatic hydroxyl groups is 1. The molecule has 1 saturated heterocycles. The van der Waals surface area contributed by atoms with E-state index in [0.717, 1.165) is 32.6 Å². The summed E-state index contributed by atoms with van der Waals surface area (Å²) < 4.78 is 0. The molecule has 1 saturated carbocycles. The highest BCUT2D eigenvalue weighted by atomic mass is 16.3. The summed E-state index contributed by atoms with van der Waals surface area (Å²) >= 11 is 0. The molecular formula is C9H16N2O2. The molecular weight excluding hydrogens is 168 g/mol. The van der Waals surface area contributed by atoms with E-state index in [1.165, 1.54) is 0 Å². The van der Waals surface area contributed by atoms with Crippen LogP contribution in [0.2, 0.25) is 0 Å². The van der Waals surface area contributed by atoms with Crippen LogP contribution in [0.5, 0.6) is 0 Å². The van der Waals surface area contributed by atoms with Crippen molar-refractivity contribution in [3.05, 3.63) is 0 Å². The van der Waals surface area contributed by atoms with Crippen molar-refractivity contribution in [2.24, 2.45) is 0 Å². The van der Waals surface area contributed by atoms with Gasteiger partial charge < -0.3 is 10.4 Å². The first kappa shape index (κ1) is 9.12. The topological polar surface area (TPSA) is 52.6 Å². The molecule has 0 bridgehead atoms. The van der Waals surface area contributed by atoms with Gasteiger partial charge >= 0.3 is 0 Å². The third-order valence-corrected chi connectivity index (χ3v) is 2.96. The summed E-state index contributed by atoms with van der Waals surface area (Å²) in [6, 6.07) is -0.00269. The van der Waals surface area contributed by atoms with Gasteiger partial charge in [0.25, 0.3) is 0 Å². The number of hydrogen-bond donors (Lipinski definition) is 2. The number of nitrogens with zero attached hydrogens (tertiary/aromatic N) is 1. The van der Waals surface area contributed by atoms with Crippen molar-refractivity contribution in [1.29, 1.82) is 0 Å². The largest absolute Gasteiger partial charge is 0.385 e. The predicted octanol–water partition coefficient (Wildman–Crippen LogP) is -1.02. The van der Waals surface area contributed by atoms with Crippen molar-refractivity contribution in [3.63, 3.8) is 0 Å². The van der Waals surface area contributed by atoms with E-state index >= 15 is 0 Å². The van der Waals surface area contributed by atoms with Gasteiger partial charge in [0.15, 0.2) is 5.78 Å². The van der Waals surface area contributed by atoms with Gasteiger partial charge in [-0.25, -0.2) is 0 Å². The summed E-state index contributed by atoms with van der Waals surface area (Å²) in [4.78, 5) is 13.7. The Morgan fingerprint density at radius 2 is 2.00 bits per heavy atom. The van der Waals surface area contributed by atoms with Crippen molar-refractivity contribution in [2.45, 2.75) is 25.0 Å². The first-order valence-electron chi connectivity index (χ1n) is 4.95. The lowest BCUT2D eigenvalue weighted by Gasteiger charge is -2.31. The molecule has 4 nitrogen and oxygen atoms in total. The molecule has 1 heterocycles. The highest BCUT2D eigenvalue weighted by Crippen LogP contribution is 2.20. The van der Waals surface area contributed by atoms with Gasteiger partial charge in [0.2, 0.25) is 0 Å². The minimum Gasteiger partial charge on any atom is -0.385 e. The monoisotopic (exact) mass is 184 g/mol. The molecule has 0 aromatic heterocycles. The summed E-state index contributed by atoms with van der Waals surface area (Å²) in [5.74, 6) is 0.0295. The molecule has 0 radical (unpaired) electrons. The Morgan fingerprint density at radius 1 is 1.31 bits per heavy atom. The maximum Gasteiger partial charge on any atom is 0.178 e. The second kappa shape index (κ2) is 3.74. The standard InChI is InChI=1S/C9H16N2O2/c12-8-2-1-7(9(8)13)11-5-3-10-4-6-11/h7-8,10,12H,1-6H2/t7-,8+/m1/s1. The summed E-state index contributed by atoms with van der Waals surface area (Å²) in [7, 11) is 0. The highest BCUT2D eigenvalue weighted by Gasteiger charge is 2.36. The van der Waals surface area contributed by atoms with E-state index < -0.39 is 6.10 Å². The van der Waals surface area contributed by atoms with Gasteiger partial charge in [0.1, 0.15) is 6.10 Å². The minimum atomic E-state index is -0.695. The molecule has 2 atom stereocenters.